The maximum absolute atomic E-state index is 6.46. The second kappa shape index (κ2) is 7.21. The van der Waals surface area contributed by atoms with Gasteiger partial charge in [-0.2, -0.15) is 0 Å². The van der Waals surface area contributed by atoms with Gasteiger partial charge in [0.05, 0.1) is 0 Å². The lowest BCUT2D eigenvalue weighted by Crippen LogP contribution is -2.12. The molecule has 1 heteroatoms. The van der Waals surface area contributed by atoms with Gasteiger partial charge in [-0.3, -0.25) is 0 Å². The van der Waals surface area contributed by atoms with Crippen LogP contribution in [0.4, 0.5) is 0 Å². The van der Waals surface area contributed by atoms with Gasteiger partial charge < -0.3 is 4.74 Å². The Bertz CT molecular complexity index is 1110. The summed E-state index contributed by atoms with van der Waals surface area (Å²) in [6.45, 7) is 0. The molecule has 0 radical (unpaired) electrons. The summed E-state index contributed by atoms with van der Waals surface area (Å²) in [6, 6.07) is 37.9. The molecule has 28 heavy (non-hydrogen) atoms. The van der Waals surface area contributed by atoms with Gasteiger partial charge in [-0.05, 0) is 40.0 Å². The van der Waals surface area contributed by atoms with E-state index in [0.29, 0.717) is 0 Å². The van der Waals surface area contributed by atoms with Gasteiger partial charge >= 0.3 is 0 Å². The van der Waals surface area contributed by atoms with Crippen molar-refractivity contribution in [3.05, 3.63) is 132 Å². The molecule has 1 aliphatic rings. The first-order valence-electron chi connectivity index (χ1n) is 9.57. The highest BCUT2D eigenvalue weighted by atomic mass is 16.5. The van der Waals surface area contributed by atoms with E-state index < -0.39 is 0 Å². The predicted molar refractivity (Wildman–Crippen MR) is 115 cm³/mol. The first-order valence-corrected chi connectivity index (χ1v) is 9.57. The Balaban J connectivity index is 1.65. The second-order valence-electron chi connectivity index (χ2n) is 6.97. The molecule has 1 nitrogen and oxygen atoms in total. The monoisotopic (exact) mass is 360 g/mol. The number of rotatable bonds is 3. The highest BCUT2D eigenvalue weighted by Gasteiger charge is 2.23. The average molecular weight is 360 g/mol. The van der Waals surface area contributed by atoms with E-state index in [-0.39, 0.29) is 6.10 Å². The third-order valence-corrected chi connectivity index (χ3v) is 5.16. The Morgan fingerprint density at radius 3 is 1.82 bits per heavy atom. The number of hydrogen-bond acceptors (Lipinski definition) is 1. The number of ether oxygens (including phenoxy) is 1. The fraction of sp³-hybridized carbons (Fsp3) is 0.0370. The lowest BCUT2D eigenvalue weighted by Gasteiger charge is -2.27. The van der Waals surface area contributed by atoms with E-state index in [1.54, 1.807) is 0 Å². The van der Waals surface area contributed by atoms with Crippen LogP contribution in [-0.4, -0.2) is 0 Å². The SMILES string of the molecule is C1=C(c2ccccc2)c2ccc(-c3ccccc3)cc2OC1c1ccccc1. The molecule has 4 aromatic carbocycles. The molecule has 0 aromatic heterocycles. The summed E-state index contributed by atoms with van der Waals surface area (Å²) in [7, 11) is 0. The Labute approximate surface area is 165 Å². The smallest absolute Gasteiger partial charge is 0.143 e. The van der Waals surface area contributed by atoms with Gasteiger partial charge in [-0.25, -0.2) is 0 Å². The molecule has 0 saturated carbocycles. The van der Waals surface area contributed by atoms with Crippen molar-refractivity contribution in [1.82, 2.24) is 0 Å². The van der Waals surface area contributed by atoms with Gasteiger partial charge in [0.1, 0.15) is 11.9 Å². The minimum Gasteiger partial charge on any atom is -0.481 e. The largest absolute Gasteiger partial charge is 0.481 e. The molecule has 0 amide bonds. The Morgan fingerprint density at radius 1 is 0.536 bits per heavy atom. The third kappa shape index (κ3) is 3.12. The second-order valence-corrected chi connectivity index (χ2v) is 6.97. The lowest BCUT2D eigenvalue weighted by atomic mass is 9.90. The molecular weight excluding hydrogens is 340 g/mol. The van der Waals surface area contributed by atoms with Crippen LogP contribution in [0.2, 0.25) is 0 Å². The molecule has 0 N–H and O–H groups in total. The predicted octanol–water partition coefficient (Wildman–Crippen LogP) is 6.92. The van der Waals surface area contributed by atoms with Crippen LogP contribution in [0.1, 0.15) is 22.8 Å². The third-order valence-electron chi connectivity index (χ3n) is 5.16. The lowest BCUT2D eigenvalue weighted by molar-refractivity contribution is 0.251. The molecule has 1 unspecified atom stereocenters. The van der Waals surface area contributed by atoms with Crippen molar-refractivity contribution in [2.75, 3.05) is 0 Å². The van der Waals surface area contributed by atoms with E-state index >= 15 is 0 Å². The highest BCUT2D eigenvalue weighted by Crippen LogP contribution is 2.42. The van der Waals surface area contributed by atoms with Crippen LogP contribution in [0.25, 0.3) is 16.7 Å². The topological polar surface area (TPSA) is 9.23 Å². The molecule has 1 atom stereocenters. The fourth-order valence-electron chi connectivity index (χ4n) is 3.74. The van der Waals surface area contributed by atoms with Crippen LogP contribution < -0.4 is 4.74 Å². The molecule has 0 fully saturated rings. The van der Waals surface area contributed by atoms with Crippen LogP contribution in [0.5, 0.6) is 5.75 Å². The summed E-state index contributed by atoms with van der Waals surface area (Å²) in [6.07, 6.45) is 2.13. The number of hydrogen-bond donors (Lipinski definition) is 0. The van der Waals surface area contributed by atoms with E-state index in [1.165, 1.54) is 22.3 Å². The van der Waals surface area contributed by atoms with Gasteiger partial charge in [0, 0.05) is 5.56 Å². The fourth-order valence-corrected chi connectivity index (χ4v) is 3.74. The van der Waals surface area contributed by atoms with Crippen molar-refractivity contribution >= 4 is 5.57 Å². The molecule has 0 bridgehead atoms. The van der Waals surface area contributed by atoms with Crippen LogP contribution in [0.3, 0.4) is 0 Å². The van der Waals surface area contributed by atoms with Crippen LogP contribution in [-0.2, 0) is 0 Å². The van der Waals surface area contributed by atoms with Crippen molar-refractivity contribution in [2.45, 2.75) is 6.10 Å². The van der Waals surface area contributed by atoms with E-state index in [4.69, 9.17) is 4.74 Å². The summed E-state index contributed by atoms with van der Waals surface area (Å²) >= 11 is 0. The summed E-state index contributed by atoms with van der Waals surface area (Å²) in [5.41, 5.74) is 7.09. The summed E-state index contributed by atoms with van der Waals surface area (Å²) in [4.78, 5) is 0. The van der Waals surface area contributed by atoms with Crippen molar-refractivity contribution in [3.8, 4) is 16.9 Å². The minimum absolute atomic E-state index is 0.102. The van der Waals surface area contributed by atoms with Crippen molar-refractivity contribution < 1.29 is 4.74 Å². The van der Waals surface area contributed by atoms with Gasteiger partial charge in [-0.1, -0.05) is 103 Å². The molecule has 1 aliphatic heterocycles. The summed E-state index contributed by atoms with van der Waals surface area (Å²) in [5, 5.41) is 0. The number of fused-ring (bicyclic) bond motifs is 1. The molecular formula is C27H20O. The minimum atomic E-state index is -0.102. The zero-order valence-electron chi connectivity index (χ0n) is 15.5. The van der Waals surface area contributed by atoms with E-state index in [2.05, 4.69) is 103 Å². The Hall–Kier alpha value is -3.58. The van der Waals surface area contributed by atoms with Gasteiger partial charge in [0.15, 0.2) is 0 Å². The first-order chi connectivity index (χ1) is 13.9. The molecule has 0 spiro atoms. The molecule has 134 valence electrons. The van der Waals surface area contributed by atoms with Gasteiger partial charge in [0.25, 0.3) is 0 Å². The standard InChI is InChI=1S/C27H20O/c1-4-10-20(11-5-1)23-16-17-24-25(21-12-6-2-7-13-21)19-26(28-27(24)18-23)22-14-8-3-9-15-22/h1-19,26H. The Kier molecular flexibility index (Phi) is 4.27. The molecule has 0 saturated heterocycles. The zero-order chi connectivity index (χ0) is 18.8. The Morgan fingerprint density at radius 2 is 1.14 bits per heavy atom. The van der Waals surface area contributed by atoms with Crippen molar-refractivity contribution in [2.24, 2.45) is 0 Å². The van der Waals surface area contributed by atoms with Crippen LogP contribution >= 0.6 is 0 Å². The van der Waals surface area contributed by atoms with Crippen molar-refractivity contribution in [1.29, 1.82) is 0 Å². The number of benzene rings is 4. The maximum Gasteiger partial charge on any atom is 0.143 e. The van der Waals surface area contributed by atoms with E-state index in [0.717, 1.165) is 16.9 Å². The molecule has 1 heterocycles. The van der Waals surface area contributed by atoms with Crippen LogP contribution in [0.15, 0.2) is 115 Å². The highest BCUT2D eigenvalue weighted by molar-refractivity contribution is 5.86. The maximum atomic E-state index is 6.46. The zero-order valence-corrected chi connectivity index (χ0v) is 15.5. The first kappa shape index (κ1) is 16.6. The van der Waals surface area contributed by atoms with Crippen molar-refractivity contribution in [3.63, 3.8) is 0 Å². The van der Waals surface area contributed by atoms with Crippen LogP contribution in [0, 0.1) is 0 Å². The summed E-state index contributed by atoms with van der Waals surface area (Å²) in [5.74, 6) is 0.927. The van der Waals surface area contributed by atoms with E-state index in [1.807, 2.05) is 12.1 Å². The van der Waals surface area contributed by atoms with Gasteiger partial charge in [0.2, 0.25) is 0 Å². The van der Waals surface area contributed by atoms with Gasteiger partial charge in [-0.15, -0.1) is 0 Å². The molecule has 0 aliphatic carbocycles. The molecule has 4 aromatic rings. The summed E-state index contributed by atoms with van der Waals surface area (Å²) < 4.78 is 6.46. The quantitative estimate of drug-likeness (QED) is 0.385. The average Bonchev–Trinajstić information content (AvgIpc) is 2.79. The molecule has 5 rings (SSSR count). The van der Waals surface area contributed by atoms with E-state index in [9.17, 15) is 0 Å². The normalized spacial score (nSPS) is 15.3.